The van der Waals surface area contributed by atoms with E-state index in [0.717, 1.165) is 0 Å². The van der Waals surface area contributed by atoms with Crippen LogP contribution in [0.3, 0.4) is 0 Å². The van der Waals surface area contributed by atoms with Crippen LogP contribution in [0, 0.1) is 6.92 Å². The number of carbonyl (C=O) groups is 1. The molecule has 8 heteroatoms. The molecule has 3 rings (SSSR count). The zero-order valence-corrected chi connectivity index (χ0v) is 13.4. The molecule has 0 bridgehead atoms. The van der Waals surface area contributed by atoms with E-state index < -0.39 is 0 Å². The second kappa shape index (κ2) is 5.73. The quantitative estimate of drug-likeness (QED) is 0.863. The molecular formula is C14H17ClN4O3. The lowest BCUT2D eigenvalue weighted by Gasteiger charge is -2.21. The highest BCUT2D eigenvalue weighted by Gasteiger charge is 2.40. The van der Waals surface area contributed by atoms with Crippen molar-refractivity contribution in [3.63, 3.8) is 0 Å². The van der Waals surface area contributed by atoms with Gasteiger partial charge in [0.15, 0.2) is 5.82 Å². The van der Waals surface area contributed by atoms with E-state index in [2.05, 4.69) is 10.1 Å². The summed E-state index contributed by atoms with van der Waals surface area (Å²) >= 11 is 5.97. The molecule has 0 aromatic carbocycles. The first kappa shape index (κ1) is 15.1. The molecule has 7 nitrogen and oxygen atoms in total. The number of halogens is 1. The third-order valence-corrected chi connectivity index (χ3v) is 4.08. The fourth-order valence-electron chi connectivity index (χ4n) is 2.76. The Balaban J connectivity index is 1.92. The van der Waals surface area contributed by atoms with Gasteiger partial charge in [-0.3, -0.25) is 4.79 Å². The molecule has 3 heterocycles. The predicted molar refractivity (Wildman–Crippen MR) is 78.6 cm³/mol. The highest BCUT2D eigenvalue weighted by molar-refractivity contribution is 6.31. The van der Waals surface area contributed by atoms with Gasteiger partial charge < -0.3 is 18.7 Å². The minimum absolute atomic E-state index is 0.0584. The van der Waals surface area contributed by atoms with Crippen LogP contribution in [0.4, 0.5) is 0 Å². The Labute approximate surface area is 132 Å². The van der Waals surface area contributed by atoms with E-state index in [4.69, 9.17) is 20.9 Å². The van der Waals surface area contributed by atoms with E-state index in [1.54, 1.807) is 42.8 Å². The van der Waals surface area contributed by atoms with Gasteiger partial charge in [0.05, 0.1) is 11.1 Å². The molecule has 118 valence electrons. The number of hydrogen-bond donors (Lipinski definition) is 0. The summed E-state index contributed by atoms with van der Waals surface area (Å²) in [6.45, 7) is 2.23. The fourth-order valence-corrected chi connectivity index (χ4v) is 3.01. The zero-order valence-electron chi connectivity index (χ0n) is 12.6. The zero-order chi connectivity index (χ0) is 15.9. The van der Waals surface area contributed by atoms with Crippen LogP contribution < -0.4 is 0 Å². The molecule has 2 aromatic heterocycles. The summed E-state index contributed by atoms with van der Waals surface area (Å²) in [7, 11) is 3.42. The maximum atomic E-state index is 12.8. The third kappa shape index (κ3) is 2.62. The van der Waals surface area contributed by atoms with E-state index in [1.165, 1.54) is 0 Å². The maximum Gasteiger partial charge on any atom is 0.271 e. The number of hydrogen-bond acceptors (Lipinski definition) is 5. The van der Waals surface area contributed by atoms with Crippen molar-refractivity contribution in [2.45, 2.75) is 25.5 Å². The standard InChI is InChI=1S/C14H17ClN4O3/c1-8-16-13(22-17-8)11-5-10(21-3)7-19(11)14(20)12-4-9(15)6-18(12)2/h4,6,10-11H,5,7H2,1-3H3/t10-,11+/m0/s1. The number of methoxy groups -OCH3 is 1. The predicted octanol–water partition coefficient (Wildman–Crippen LogP) is 1.97. The van der Waals surface area contributed by atoms with Crippen molar-refractivity contribution in [3.05, 3.63) is 34.7 Å². The number of aromatic nitrogens is 3. The van der Waals surface area contributed by atoms with Crippen molar-refractivity contribution in [1.82, 2.24) is 19.6 Å². The summed E-state index contributed by atoms with van der Waals surface area (Å²) in [6, 6.07) is 1.37. The van der Waals surface area contributed by atoms with E-state index in [-0.39, 0.29) is 18.1 Å². The van der Waals surface area contributed by atoms with Crippen LogP contribution in [0.5, 0.6) is 0 Å². The monoisotopic (exact) mass is 324 g/mol. The van der Waals surface area contributed by atoms with Crippen molar-refractivity contribution in [2.24, 2.45) is 7.05 Å². The molecular weight excluding hydrogens is 308 g/mol. The minimum Gasteiger partial charge on any atom is -0.380 e. The van der Waals surface area contributed by atoms with Gasteiger partial charge in [-0.15, -0.1) is 0 Å². The van der Waals surface area contributed by atoms with Crippen molar-refractivity contribution in [3.8, 4) is 0 Å². The average molecular weight is 325 g/mol. The van der Waals surface area contributed by atoms with E-state index in [9.17, 15) is 4.79 Å². The molecule has 2 atom stereocenters. The summed E-state index contributed by atoms with van der Waals surface area (Å²) in [5.41, 5.74) is 0.517. The topological polar surface area (TPSA) is 73.4 Å². The van der Waals surface area contributed by atoms with Gasteiger partial charge in [-0.25, -0.2) is 0 Å². The number of carbonyl (C=O) groups excluding carboxylic acids is 1. The Morgan fingerprint density at radius 3 is 2.86 bits per heavy atom. The highest BCUT2D eigenvalue weighted by atomic mass is 35.5. The first-order valence-corrected chi connectivity index (χ1v) is 7.33. The molecule has 0 aliphatic carbocycles. The SMILES string of the molecule is CO[C@H]1C[C@H](c2nc(C)no2)N(C(=O)c2cc(Cl)cn2C)C1. The van der Waals surface area contributed by atoms with Crippen LogP contribution in [0.1, 0.15) is 34.7 Å². The normalized spacial score (nSPS) is 21.5. The lowest BCUT2D eigenvalue weighted by Crippen LogP contribution is -2.33. The molecule has 0 radical (unpaired) electrons. The molecule has 1 fully saturated rings. The van der Waals surface area contributed by atoms with Crippen LogP contribution in [0.25, 0.3) is 0 Å². The van der Waals surface area contributed by atoms with E-state index in [0.29, 0.717) is 35.4 Å². The third-order valence-electron chi connectivity index (χ3n) is 3.88. The Morgan fingerprint density at radius 2 is 2.32 bits per heavy atom. The van der Waals surface area contributed by atoms with Gasteiger partial charge >= 0.3 is 0 Å². The Kier molecular flexibility index (Phi) is 3.92. The summed E-state index contributed by atoms with van der Waals surface area (Å²) < 4.78 is 12.4. The minimum atomic E-state index is -0.285. The summed E-state index contributed by atoms with van der Waals surface area (Å²) in [4.78, 5) is 18.8. The molecule has 1 saturated heterocycles. The summed E-state index contributed by atoms with van der Waals surface area (Å²) in [5.74, 6) is 0.852. The molecule has 1 aliphatic rings. The van der Waals surface area contributed by atoms with E-state index in [1.807, 2.05) is 0 Å². The molecule has 0 spiro atoms. The van der Waals surface area contributed by atoms with Crippen LogP contribution in [0.2, 0.25) is 5.02 Å². The van der Waals surface area contributed by atoms with Crippen molar-refractivity contribution in [2.75, 3.05) is 13.7 Å². The summed E-state index contributed by atoms with van der Waals surface area (Å²) in [5, 5.41) is 4.34. The van der Waals surface area contributed by atoms with Crippen LogP contribution in [0.15, 0.2) is 16.8 Å². The first-order valence-electron chi connectivity index (χ1n) is 6.95. The molecule has 0 unspecified atom stereocenters. The van der Waals surface area contributed by atoms with Crippen molar-refractivity contribution < 1.29 is 14.1 Å². The Morgan fingerprint density at radius 1 is 1.55 bits per heavy atom. The van der Waals surface area contributed by atoms with Crippen molar-refractivity contribution >= 4 is 17.5 Å². The molecule has 22 heavy (non-hydrogen) atoms. The largest absolute Gasteiger partial charge is 0.380 e. The second-order valence-corrected chi connectivity index (χ2v) is 5.84. The molecule has 1 aliphatic heterocycles. The molecule has 2 aromatic rings. The molecule has 0 saturated carbocycles. The number of likely N-dealkylation sites (tertiary alicyclic amines) is 1. The van der Waals surface area contributed by atoms with Gasteiger partial charge in [-0.1, -0.05) is 16.8 Å². The lowest BCUT2D eigenvalue weighted by atomic mass is 10.2. The van der Waals surface area contributed by atoms with Gasteiger partial charge in [0.25, 0.3) is 5.91 Å². The van der Waals surface area contributed by atoms with Gasteiger partial charge in [0.2, 0.25) is 5.89 Å². The number of aryl methyl sites for hydroxylation is 2. The molecule has 1 amide bonds. The van der Waals surface area contributed by atoms with Gasteiger partial charge in [0.1, 0.15) is 11.7 Å². The summed E-state index contributed by atoms with van der Waals surface area (Å²) in [6.07, 6.45) is 2.27. The van der Waals surface area contributed by atoms with Gasteiger partial charge in [-0.05, 0) is 13.0 Å². The highest BCUT2D eigenvalue weighted by Crippen LogP contribution is 2.34. The van der Waals surface area contributed by atoms with E-state index >= 15 is 0 Å². The lowest BCUT2D eigenvalue weighted by molar-refractivity contribution is 0.0661. The average Bonchev–Trinajstić information content (AvgIpc) is 3.16. The molecule has 0 N–H and O–H groups in total. The maximum absolute atomic E-state index is 12.8. The van der Waals surface area contributed by atoms with Gasteiger partial charge in [0, 0.05) is 33.3 Å². The van der Waals surface area contributed by atoms with Gasteiger partial charge in [-0.2, -0.15) is 4.98 Å². The second-order valence-electron chi connectivity index (χ2n) is 5.40. The van der Waals surface area contributed by atoms with Crippen LogP contribution in [-0.4, -0.2) is 45.3 Å². The van der Waals surface area contributed by atoms with Crippen LogP contribution in [-0.2, 0) is 11.8 Å². The Bertz CT molecular complexity index is 696. The number of ether oxygens (including phenoxy) is 1. The van der Waals surface area contributed by atoms with Crippen LogP contribution >= 0.6 is 11.6 Å². The fraction of sp³-hybridized carbons (Fsp3) is 0.500. The van der Waals surface area contributed by atoms with Crippen molar-refractivity contribution in [1.29, 1.82) is 0 Å². The first-order chi connectivity index (χ1) is 10.5. The number of amides is 1. The smallest absolute Gasteiger partial charge is 0.271 e. The number of nitrogens with zero attached hydrogens (tertiary/aromatic N) is 4. The Hall–Kier alpha value is -1.86. The number of rotatable bonds is 3.